The molecule has 1 atom stereocenters. The molecule has 1 unspecified atom stereocenters. The molecule has 0 radical (unpaired) electrons. The number of nitrogens with zero attached hydrogens (tertiary/aromatic N) is 2. The van der Waals surface area contributed by atoms with E-state index in [1.807, 2.05) is 18.3 Å². The van der Waals surface area contributed by atoms with E-state index in [9.17, 15) is 5.11 Å². The number of rotatable bonds is 8. The van der Waals surface area contributed by atoms with E-state index in [2.05, 4.69) is 38.0 Å². The number of thiazole rings is 1. The molecule has 2 heterocycles. The van der Waals surface area contributed by atoms with Gasteiger partial charge in [0.2, 0.25) is 0 Å². The summed E-state index contributed by atoms with van der Waals surface area (Å²) in [5.41, 5.74) is 2.10. The highest BCUT2D eigenvalue weighted by atomic mass is 32.1. The minimum atomic E-state index is -0.0287. The highest BCUT2D eigenvalue weighted by Crippen LogP contribution is 2.32. The van der Waals surface area contributed by atoms with Gasteiger partial charge in [0.15, 0.2) is 0 Å². The Balaban J connectivity index is 2.11. The fraction of sp³-hybridized carbons (Fsp3) is 0.556. The van der Waals surface area contributed by atoms with Crippen LogP contribution in [-0.4, -0.2) is 28.2 Å². The number of hydrogen-bond donors (Lipinski definition) is 2. The van der Waals surface area contributed by atoms with Gasteiger partial charge >= 0.3 is 0 Å². The Hall–Kier alpha value is -1.30. The molecule has 0 aliphatic carbocycles. The van der Waals surface area contributed by atoms with Crippen molar-refractivity contribution in [3.05, 3.63) is 35.1 Å². The molecule has 0 fully saturated rings. The molecule has 5 heteroatoms. The van der Waals surface area contributed by atoms with Crippen LogP contribution in [0.5, 0.6) is 0 Å². The van der Waals surface area contributed by atoms with Crippen LogP contribution >= 0.6 is 11.3 Å². The number of aryl methyl sites for hydroxylation is 1. The van der Waals surface area contributed by atoms with Gasteiger partial charge in [-0.3, -0.25) is 4.98 Å². The van der Waals surface area contributed by atoms with Gasteiger partial charge in [-0.05, 0) is 38.8 Å². The van der Waals surface area contributed by atoms with E-state index >= 15 is 0 Å². The third-order valence-corrected chi connectivity index (χ3v) is 6.14. The summed E-state index contributed by atoms with van der Waals surface area (Å²) < 4.78 is 0. The topological polar surface area (TPSA) is 58.0 Å². The van der Waals surface area contributed by atoms with Gasteiger partial charge in [-0.1, -0.05) is 13.8 Å². The number of aliphatic hydroxyl groups is 1. The third kappa shape index (κ3) is 4.16. The van der Waals surface area contributed by atoms with E-state index in [0.717, 1.165) is 35.7 Å². The Morgan fingerprint density at radius 3 is 2.65 bits per heavy atom. The molecule has 23 heavy (non-hydrogen) atoms. The van der Waals surface area contributed by atoms with Gasteiger partial charge in [-0.15, -0.1) is 11.3 Å². The van der Waals surface area contributed by atoms with Gasteiger partial charge in [0.1, 0.15) is 5.01 Å². The first-order valence-corrected chi connectivity index (χ1v) is 9.09. The molecular formula is C18H27N3OS. The van der Waals surface area contributed by atoms with Crippen molar-refractivity contribution in [2.24, 2.45) is 5.41 Å². The minimum absolute atomic E-state index is 0.0287. The molecule has 2 rings (SSSR count). The normalized spacial score (nSPS) is 13.3. The first kappa shape index (κ1) is 18.0. The van der Waals surface area contributed by atoms with E-state index < -0.39 is 0 Å². The van der Waals surface area contributed by atoms with Crippen molar-refractivity contribution in [1.82, 2.24) is 15.3 Å². The summed E-state index contributed by atoms with van der Waals surface area (Å²) in [5, 5.41) is 14.3. The molecule has 0 aliphatic rings. The number of aromatic nitrogens is 2. The summed E-state index contributed by atoms with van der Waals surface area (Å²) >= 11 is 1.72. The Bertz CT molecular complexity index is 600. The van der Waals surface area contributed by atoms with E-state index in [-0.39, 0.29) is 18.1 Å². The molecule has 0 aliphatic heterocycles. The van der Waals surface area contributed by atoms with Crippen LogP contribution in [0.1, 0.15) is 50.2 Å². The Kier molecular flexibility index (Phi) is 6.27. The standard InChI is InChI=1S/C18H27N3OS/c1-5-18(6-2,12-22)11-20-13(3)16-14(4)21-17(23-16)15-8-7-9-19-10-15/h7-10,13,20,22H,5-6,11-12H2,1-4H3. The fourth-order valence-electron chi connectivity index (χ4n) is 2.66. The van der Waals surface area contributed by atoms with Crippen molar-refractivity contribution in [1.29, 1.82) is 0 Å². The molecular weight excluding hydrogens is 306 g/mol. The van der Waals surface area contributed by atoms with E-state index in [0.29, 0.717) is 0 Å². The van der Waals surface area contributed by atoms with E-state index in [1.165, 1.54) is 4.88 Å². The summed E-state index contributed by atoms with van der Waals surface area (Å²) in [7, 11) is 0. The second kappa shape index (κ2) is 7.99. The average molecular weight is 334 g/mol. The van der Waals surface area contributed by atoms with Crippen LogP contribution in [0.15, 0.2) is 24.5 Å². The number of aliphatic hydroxyl groups excluding tert-OH is 1. The lowest BCUT2D eigenvalue weighted by Gasteiger charge is -2.31. The zero-order valence-electron chi connectivity index (χ0n) is 14.5. The molecule has 0 bridgehead atoms. The predicted molar refractivity (Wildman–Crippen MR) is 96.6 cm³/mol. The molecule has 0 amide bonds. The SMILES string of the molecule is CCC(CC)(CO)CNC(C)c1sc(-c2cccnc2)nc1C. The molecule has 126 valence electrons. The van der Waals surface area contributed by atoms with Crippen LogP contribution in [0.4, 0.5) is 0 Å². The maximum absolute atomic E-state index is 9.71. The Morgan fingerprint density at radius 2 is 2.09 bits per heavy atom. The summed E-state index contributed by atoms with van der Waals surface area (Å²) in [5.74, 6) is 0. The van der Waals surface area contributed by atoms with Crippen LogP contribution in [0.3, 0.4) is 0 Å². The summed E-state index contributed by atoms with van der Waals surface area (Å²) in [6, 6.07) is 4.20. The van der Waals surface area contributed by atoms with Crippen LogP contribution in [-0.2, 0) is 0 Å². The highest BCUT2D eigenvalue weighted by molar-refractivity contribution is 7.15. The zero-order valence-corrected chi connectivity index (χ0v) is 15.3. The lowest BCUT2D eigenvalue weighted by molar-refractivity contribution is 0.110. The molecule has 2 N–H and O–H groups in total. The van der Waals surface area contributed by atoms with Crippen LogP contribution in [0, 0.1) is 12.3 Å². The lowest BCUT2D eigenvalue weighted by Crippen LogP contribution is -2.37. The van der Waals surface area contributed by atoms with Crippen molar-refractivity contribution < 1.29 is 5.11 Å². The van der Waals surface area contributed by atoms with Gasteiger partial charge < -0.3 is 10.4 Å². The molecule has 0 saturated carbocycles. The van der Waals surface area contributed by atoms with Crippen LogP contribution in [0.2, 0.25) is 0 Å². The quantitative estimate of drug-likeness (QED) is 0.767. The minimum Gasteiger partial charge on any atom is -0.396 e. The first-order valence-electron chi connectivity index (χ1n) is 8.27. The molecule has 0 saturated heterocycles. The van der Waals surface area contributed by atoms with Crippen molar-refractivity contribution in [2.45, 2.75) is 46.6 Å². The van der Waals surface area contributed by atoms with Gasteiger partial charge in [0.05, 0.1) is 5.69 Å². The fourth-order valence-corrected chi connectivity index (χ4v) is 3.75. The van der Waals surface area contributed by atoms with Crippen molar-refractivity contribution in [3.63, 3.8) is 0 Å². The first-order chi connectivity index (χ1) is 11.0. The molecule has 2 aromatic rings. The summed E-state index contributed by atoms with van der Waals surface area (Å²) in [4.78, 5) is 10.1. The number of pyridine rings is 1. The smallest absolute Gasteiger partial charge is 0.125 e. The van der Waals surface area contributed by atoms with Crippen LogP contribution < -0.4 is 5.32 Å². The van der Waals surface area contributed by atoms with E-state index in [1.54, 1.807) is 17.5 Å². The summed E-state index contributed by atoms with van der Waals surface area (Å²) in [6.07, 6.45) is 5.58. The second-order valence-electron chi connectivity index (χ2n) is 6.18. The van der Waals surface area contributed by atoms with Gasteiger partial charge in [-0.25, -0.2) is 4.98 Å². The predicted octanol–water partition coefficient (Wildman–Crippen LogP) is 3.96. The average Bonchev–Trinajstić information content (AvgIpc) is 2.99. The maximum Gasteiger partial charge on any atom is 0.125 e. The van der Waals surface area contributed by atoms with Crippen molar-refractivity contribution >= 4 is 11.3 Å². The monoisotopic (exact) mass is 333 g/mol. The lowest BCUT2D eigenvalue weighted by atomic mass is 9.83. The van der Waals surface area contributed by atoms with Crippen molar-refractivity contribution in [2.75, 3.05) is 13.2 Å². The maximum atomic E-state index is 9.71. The second-order valence-corrected chi connectivity index (χ2v) is 7.21. The van der Waals surface area contributed by atoms with Gasteiger partial charge in [0, 0.05) is 47.4 Å². The molecule has 0 spiro atoms. The Morgan fingerprint density at radius 1 is 1.35 bits per heavy atom. The van der Waals surface area contributed by atoms with Gasteiger partial charge in [0.25, 0.3) is 0 Å². The van der Waals surface area contributed by atoms with Gasteiger partial charge in [-0.2, -0.15) is 0 Å². The zero-order chi connectivity index (χ0) is 16.9. The summed E-state index contributed by atoms with van der Waals surface area (Å²) in [6.45, 7) is 9.55. The number of nitrogens with one attached hydrogen (secondary N) is 1. The molecule has 4 nitrogen and oxygen atoms in total. The van der Waals surface area contributed by atoms with Crippen LogP contribution in [0.25, 0.3) is 10.6 Å². The van der Waals surface area contributed by atoms with E-state index in [4.69, 9.17) is 4.98 Å². The number of hydrogen-bond acceptors (Lipinski definition) is 5. The molecule has 2 aromatic heterocycles. The van der Waals surface area contributed by atoms with Crippen molar-refractivity contribution in [3.8, 4) is 10.6 Å². The largest absolute Gasteiger partial charge is 0.396 e. The molecule has 0 aromatic carbocycles. The Labute approximate surface area is 143 Å². The third-order valence-electron chi connectivity index (χ3n) is 4.75. The highest BCUT2D eigenvalue weighted by Gasteiger charge is 2.26.